The molecule has 115 valence electrons. The summed E-state index contributed by atoms with van der Waals surface area (Å²) in [7, 11) is 1.47. The number of benzene rings is 1. The van der Waals surface area contributed by atoms with E-state index >= 15 is 0 Å². The Morgan fingerprint density at radius 2 is 2.10 bits per heavy atom. The maximum Gasteiger partial charge on any atom is 0.305 e. The predicted octanol–water partition coefficient (Wildman–Crippen LogP) is 2.56. The third-order valence-corrected chi connectivity index (χ3v) is 3.31. The summed E-state index contributed by atoms with van der Waals surface area (Å²) < 4.78 is 10.6. The van der Waals surface area contributed by atoms with Crippen molar-refractivity contribution in [1.29, 1.82) is 0 Å². The molecule has 0 aromatic heterocycles. The first kappa shape index (κ1) is 18.0. The zero-order valence-corrected chi connectivity index (χ0v) is 13.1. The van der Waals surface area contributed by atoms with E-state index in [2.05, 4.69) is 6.92 Å². The second-order valence-corrected chi connectivity index (χ2v) is 4.99. The van der Waals surface area contributed by atoms with Crippen LogP contribution in [-0.2, 0) is 15.9 Å². The van der Waals surface area contributed by atoms with Crippen molar-refractivity contribution in [2.75, 3.05) is 19.2 Å². The standard InChI is InChI=1S/C15H22BClNO3/c1-2-3-8-20-13-6-4-12(5-7-13)9-14(15(19)10-17)16-21-11-18/h4-7,14H,2-3,8-11,18H2,1H3/t14-/m0/s1. The highest BCUT2D eigenvalue weighted by atomic mass is 35.5. The van der Waals surface area contributed by atoms with Crippen molar-refractivity contribution in [2.45, 2.75) is 32.0 Å². The maximum absolute atomic E-state index is 11.8. The Labute approximate surface area is 132 Å². The minimum atomic E-state index is -0.377. The minimum Gasteiger partial charge on any atom is -0.494 e. The molecular weight excluding hydrogens is 288 g/mol. The number of unbranched alkanes of at least 4 members (excludes halogenated alkanes) is 1. The van der Waals surface area contributed by atoms with Gasteiger partial charge in [0.2, 0.25) is 0 Å². The molecule has 0 heterocycles. The lowest BCUT2D eigenvalue weighted by molar-refractivity contribution is -0.116. The summed E-state index contributed by atoms with van der Waals surface area (Å²) in [6, 6.07) is 7.73. The smallest absolute Gasteiger partial charge is 0.305 e. The van der Waals surface area contributed by atoms with E-state index in [1.54, 1.807) is 0 Å². The van der Waals surface area contributed by atoms with Crippen molar-refractivity contribution in [3.63, 3.8) is 0 Å². The number of hydrogen-bond acceptors (Lipinski definition) is 4. The van der Waals surface area contributed by atoms with Crippen molar-refractivity contribution in [1.82, 2.24) is 0 Å². The van der Waals surface area contributed by atoms with E-state index in [1.807, 2.05) is 24.3 Å². The summed E-state index contributed by atoms with van der Waals surface area (Å²) in [6.07, 6.45) is 2.69. The molecule has 0 bridgehead atoms. The first-order chi connectivity index (χ1) is 10.2. The number of alkyl halides is 1. The zero-order valence-electron chi connectivity index (χ0n) is 12.4. The average molecular weight is 311 g/mol. The van der Waals surface area contributed by atoms with E-state index in [-0.39, 0.29) is 24.2 Å². The van der Waals surface area contributed by atoms with E-state index in [0.717, 1.165) is 30.8 Å². The molecule has 0 aliphatic heterocycles. The number of halogens is 1. The number of ether oxygens (including phenoxy) is 1. The number of hydrogen-bond donors (Lipinski definition) is 1. The number of carbonyl (C=O) groups is 1. The number of nitrogens with two attached hydrogens (primary N) is 1. The van der Waals surface area contributed by atoms with E-state index in [0.29, 0.717) is 6.42 Å². The van der Waals surface area contributed by atoms with Gasteiger partial charge in [-0.1, -0.05) is 25.5 Å². The number of Topliss-reactive ketones (excluding diaryl/α,β-unsaturated/α-hetero) is 1. The predicted molar refractivity (Wildman–Crippen MR) is 85.9 cm³/mol. The molecule has 0 spiro atoms. The fraction of sp³-hybridized carbons (Fsp3) is 0.533. The normalized spacial score (nSPS) is 12.0. The molecule has 1 aromatic rings. The number of carbonyl (C=O) groups excluding carboxylic acids is 1. The molecule has 6 heteroatoms. The van der Waals surface area contributed by atoms with Gasteiger partial charge in [0.15, 0.2) is 0 Å². The van der Waals surface area contributed by atoms with Gasteiger partial charge in [-0.3, -0.25) is 4.79 Å². The molecule has 0 saturated heterocycles. The van der Waals surface area contributed by atoms with Crippen LogP contribution in [0, 0.1) is 0 Å². The highest BCUT2D eigenvalue weighted by molar-refractivity contribution is 6.42. The fourth-order valence-electron chi connectivity index (χ4n) is 1.82. The van der Waals surface area contributed by atoms with Crippen molar-refractivity contribution >= 4 is 24.9 Å². The molecule has 1 rings (SSSR count). The highest BCUT2D eigenvalue weighted by Gasteiger charge is 2.20. The van der Waals surface area contributed by atoms with Crippen LogP contribution in [0.4, 0.5) is 0 Å². The van der Waals surface area contributed by atoms with Gasteiger partial charge in [-0.2, -0.15) is 0 Å². The summed E-state index contributed by atoms with van der Waals surface area (Å²) >= 11 is 5.61. The van der Waals surface area contributed by atoms with Gasteiger partial charge < -0.3 is 15.1 Å². The first-order valence-corrected chi connectivity index (χ1v) is 7.70. The van der Waals surface area contributed by atoms with Crippen molar-refractivity contribution < 1.29 is 14.2 Å². The average Bonchev–Trinajstić information content (AvgIpc) is 2.52. The van der Waals surface area contributed by atoms with Crippen LogP contribution in [0.5, 0.6) is 5.75 Å². The number of rotatable bonds is 11. The molecule has 2 N–H and O–H groups in total. The molecule has 4 nitrogen and oxygen atoms in total. The topological polar surface area (TPSA) is 61.6 Å². The molecule has 0 unspecified atom stereocenters. The van der Waals surface area contributed by atoms with Crippen LogP contribution < -0.4 is 10.5 Å². The Morgan fingerprint density at radius 1 is 1.38 bits per heavy atom. The Kier molecular flexibility index (Phi) is 9.14. The van der Waals surface area contributed by atoms with Crippen LogP contribution in [0.15, 0.2) is 24.3 Å². The Morgan fingerprint density at radius 3 is 2.67 bits per heavy atom. The van der Waals surface area contributed by atoms with Gasteiger partial charge in [0.05, 0.1) is 19.2 Å². The van der Waals surface area contributed by atoms with Crippen LogP contribution >= 0.6 is 11.6 Å². The maximum atomic E-state index is 11.8. The van der Waals surface area contributed by atoms with Gasteiger partial charge >= 0.3 is 7.48 Å². The van der Waals surface area contributed by atoms with Gasteiger partial charge in [0, 0.05) is 5.82 Å². The van der Waals surface area contributed by atoms with Gasteiger partial charge in [-0.25, -0.2) is 0 Å². The van der Waals surface area contributed by atoms with Crippen LogP contribution in [0.25, 0.3) is 0 Å². The Balaban J connectivity index is 2.56. The van der Waals surface area contributed by atoms with Crippen molar-refractivity contribution in [3.8, 4) is 5.75 Å². The van der Waals surface area contributed by atoms with Gasteiger partial charge in [-0.05, 0) is 30.5 Å². The summed E-state index contributed by atoms with van der Waals surface area (Å²) in [4.78, 5) is 11.8. The van der Waals surface area contributed by atoms with E-state index < -0.39 is 0 Å². The second-order valence-electron chi connectivity index (χ2n) is 4.73. The fourth-order valence-corrected chi connectivity index (χ4v) is 2.02. The van der Waals surface area contributed by atoms with Gasteiger partial charge in [-0.15, -0.1) is 11.6 Å². The third kappa shape index (κ3) is 6.98. The summed E-state index contributed by atoms with van der Waals surface area (Å²) in [6.45, 7) is 2.90. The lowest BCUT2D eigenvalue weighted by Gasteiger charge is -2.13. The molecule has 1 radical (unpaired) electrons. The molecule has 0 saturated carbocycles. The molecular formula is C15H22BClNO3. The highest BCUT2D eigenvalue weighted by Crippen LogP contribution is 2.19. The zero-order chi connectivity index (χ0) is 15.5. The molecule has 0 aliphatic carbocycles. The van der Waals surface area contributed by atoms with Crippen LogP contribution in [-0.4, -0.2) is 32.5 Å². The molecule has 1 aromatic carbocycles. The SMILES string of the molecule is CCCCOc1ccc(C[C@H]([B]OCN)C(=O)CCl)cc1. The second kappa shape index (κ2) is 10.7. The third-order valence-electron chi connectivity index (χ3n) is 3.05. The van der Waals surface area contributed by atoms with E-state index in [1.165, 1.54) is 7.48 Å². The monoisotopic (exact) mass is 310 g/mol. The van der Waals surface area contributed by atoms with Crippen LogP contribution in [0.1, 0.15) is 25.3 Å². The molecule has 0 amide bonds. The molecule has 0 fully saturated rings. The van der Waals surface area contributed by atoms with E-state index in [9.17, 15) is 4.79 Å². The largest absolute Gasteiger partial charge is 0.494 e. The molecule has 1 atom stereocenters. The lowest BCUT2D eigenvalue weighted by atomic mass is 9.73. The quantitative estimate of drug-likeness (QED) is 0.295. The minimum absolute atomic E-state index is 0.0344. The first-order valence-electron chi connectivity index (χ1n) is 7.16. The van der Waals surface area contributed by atoms with Gasteiger partial charge in [0.25, 0.3) is 0 Å². The summed E-state index contributed by atoms with van der Waals surface area (Å²) in [5.74, 6) is 0.355. The van der Waals surface area contributed by atoms with Crippen LogP contribution in [0.3, 0.4) is 0 Å². The Bertz CT molecular complexity index is 414. The van der Waals surface area contributed by atoms with Gasteiger partial charge in [0.1, 0.15) is 11.5 Å². The van der Waals surface area contributed by atoms with Crippen molar-refractivity contribution in [2.24, 2.45) is 5.73 Å². The van der Waals surface area contributed by atoms with E-state index in [4.69, 9.17) is 26.7 Å². The van der Waals surface area contributed by atoms with Crippen LogP contribution in [0.2, 0.25) is 5.82 Å². The summed E-state index contributed by atoms with van der Waals surface area (Å²) in [5, 5.41) is 0. The Hall–Kier alpha value is -1.04. The van der Waals surface area contributed by atoms with Crippen molar-refractivity contribution in [3.05, 3.63) is 29.8 Å². The molecule has 21 heavy (non-hydrogen) atoms. The lowest BCUT2D eigenvalue weighted by Crippen LogP contribution is -2.23. The molecule has 0 aliphatic rings. The summed E-state index contributed by atoms with van der Waals surface area (Å²) in [5.41, 5.74) is 6.30. The number of ketones is 1.